The molecule has 0 aliphatic heterocycles. The highest BCUT2D eigenvalue weighted by Gasteiger charge is 2.36. The summed E-state index contributed by atoms with van der Waals surface area (Å²) in [6.07, 6.45) is 37.7. The van der Waals surface area contributed by atoms with Crippen LogP contribution in [-0.2, 0) is 0 Å². The van der Waals surface area contributed by atoms with Crippen molar-refractivity contribution in [3.8, 4) is 0 Å². The molecule has 41 heavy (non-hydrogen) atoms. The standard InChI is InChI=1S/C37H76O4/c1-2-3-4-5-6-7-8-9-10-11-12-13-14-15-16-17-18-19-20-21-22-27-36(28-23-32-38)37(29-24-33-39,30-25-34-40)31-26-35-41/h36,38-41H,2-35H2,1H3. The first-order chi connectivity index (χ1) is 20.2. The van der Waals surface area contributed by atoms with E-state index in [0.29, 0.717) is 5.92 Å². The van der Waals surface area contributed by atoms with Gasteiger partial charge in [-0.3, -0.25) is 0 Å². The van der Waals surface area contributed by atoms with E-state index < -0.39 is 0 Å². The summed E-state index contributed by atoms with van der Waals surface area (Å²) in [5.74, 6) is 0.500. The SMILES string of the molecule is CCCCCCCCCCCCCCCCCCCCCCCC(CCCO)C(CCCO)(CCCO)CCCO. The molecule has 0 aromatic carbocycles. The molecule has 0 amide bonds. The number of unbranched alkanes of at least 4 members (excludes halogenated alkanes) is 20. The third-order valence-corrected chi connectivity index (χ3v) is 9.73. The van der Waals surface area contributed by atoms with Crippen LogP contribution in [0.4, 0.5) is 0 Å². The van der Waals surface area contributed by atoms with Gasteiger partial charge in [-0.15, -0.1) is 0 Å². The van der Waals surface area contributed by atoms with E-state index in [-0.39, 0.29) is 31.8 Å². The van der Waals surface area contributed by atoms with E-state index in [1.807, 2.05) is 0 Å². The molecule has 0 aliphatic rings. The Hall–Kier alpha value is -0.160. The highest BCUT2D eigenvalue weighted by atomic mass is 16.3. The minimum absolute atomic E-state index is 0.0664. The van der Waals surface area contributed by atoms with E-state index in [4.69, 9.17) is 0 Å². The lowest BCUT2D eigenvalue weighted by molar-refractivity contribution is 0.0617. The second kappa shape index (κ2) is 32.7. The minimum atomic E-state index is 0.0664. The Balaban J connectivity index is 3.95. The van der Waals surface area contributed by atoms with Crippen LogP contribution in [0.15, 0.2) is 0 Å². The van der Waals surface area contributed by atoms with Gasteiger partial charge in [-0.25, -0.2) is 0 Å². The minimum Gasteiger partial charge on any atom is -0.396 e. The van der Waals surface area contributed by atoms with Crippen molar-refractivity contribution < 1.29 is 20.4 Å². The summed E-state index contributed by atoms with van der Waals surface area (Å²) in [4.78, 5) is 0. The molecule has 0 saturated heterocycles. The molecule has 4 heteroatoms. The Morgan fingerprint density at radius 3 is 0.902 bits per heavy atom. The Kier molecular flexibility index (Phi) is 32.6. The first-order valence-corrected chi connectivity index (χ1v) is 18.6. The van der Waals surface area contributed by atoms with Crippen LogP contribution in [0.1, 0.15) is 200 Å². The van der Waals surface area contributed by atoms with Gasteiger partial charge >= 0.3 is 0 Å². The maximum atomic E-state index is 9.56. The fraction of sp³-hybridized carbons (Fsp3) is 1.00. The zero-order valence-corrected chi connectivity index (χ0v) is 27.9. The molecule has 0 rings (SSSR count). The van der Waals surface area contributed by atoms with Gasteiger partial charge in [-0.2, -0.15) is 0 Å². The van der Waals surface area contributed by atoms with E-state index in [1.165, 1.54) is 141 Å². The molecule has 0 heterocycles. The zero-order valence-electron chi connectivity index (χ0n) is 27.9. The summed E-state index contributed by atoms with van der Waals surface area (Å²) >= 11 is 0. The second-order valence-electron chi connectivity index (χ2n) is 13.3. The highest BCUT2D eigenvalue weighted by Crippen LogP contribution is 2.46. The van der Waals surface area contributed by atoms with Gasteiger partial charge in [0.25, 0.3) is 0 Å². The molecule has 0 aromatic heterocycles. The first kappa shape index (κ1) is 40.8. The lowest BCUT2D eigenvalue weighted by atomic mass is 9.63. The Morgan fingerprint density at radius 2 is 0.610 bits per heavy atom. The molecular formula is C37H76O4. The lowest BCUT2D eigenvalue weighted by Crippen LogP contribution is -2.32. The fourth-order valence-corrected chi connectivity index (χ4v) is 7.20. The summed E-state index contributed by atoms with van der Waals surface area (Å²) in [6.45, 7) is 3.12. The average molecular weight is 585 g/mol. The molecule has 1 unspecified atom stereocenters. The monoisotopic (exact) mass is 585 g/mol. The predicted octanol–water partition coefficient (Wildman–Crippen LogP) is 10.3. The molecule has 0 spiro atoms. The summed E-state index contributed by atoms with van der Waals surface area (Å²) in [6, 6.07) is 0. The van der Waals surface area contributed by atoms with Gasteiger partial charge < -0.3 is 20.4 Å². The van der Waals surface area contributed by atoms with Gasteiger partial charge in [0, 0.05) is 26.4 Å². The second-order valence-corrected chi connectivity index (χ2v) is 13.3. The van der Waals surface area contributed by atoms with E-state index in [0.717, 1.165) is 51.4 Å². The van der Waals surface area contributed by atoms with Crippen molar-refractivity contribution in [2.24, 2.45) is 11.3 Å². The van der Waals surface area contributed by atoms with Crippen LogP contribution in [0.2, 0.25) is 0 Å². The smallest absolute Gasteiger partial charge is 0.0431 e. The van der Waals surface area contributed by atoms with Crippen molar-refractivity contribution in [3.63, 3.8) is 0 Å². The number of hydrogen-bond acceptors (Lipinski definition) is 4. The molecule has 0 aliphatic carbocycles. The first-order valence-electron chi connectivity index (χ1n) is 18.6. The van der Waals surface area contributed by atoms with E-state index in [9.17, 15) is 20.4 Å². The quantitative estimate of drug-likeness (QED) is 0.0559. The van der Waals surface area contributed by atoms with Gasteiger partial charge in [0.15, 0.2) is 0 Å². The molecule has 0 saturated carbocycles. The maximum Gasteiger partial charge on any atom is 0.0431 e. The molecule has 4 nitrogen and oxygen atoms in total. The lowest BCUT2D eigenvalue weighted by Gasteiger charge is -2.42. The maximum absolute atomic E-state index is 9.56. The molecule has 0 radical (unpaired) electrons. The zero-order chi connectivity index (χ0) is 30.1. The predicted molar refractivity (Wildman–Crippen MR) is 178 cm³/mol. The fourth-order valence-electron chi connectivity index (χ4n) is 7.20. The van der Waals surface area contributed by atoms with Crippen LogP contribution in [0.5, 0.6) is 0 Å². The van der Waals surface area contributed by atoms with Crippen LogP contribution < -0.4 is 0 Å². The third-order valence-electron chi connectivity index (χ3n) is 9.73. The van der Waals surface area contributed by atoms with Crippen molar-refractivity contribution >= 4 is 0 Å². The molecule has 248 valence electrons. The van der Waals surface area contributed by atoms with Gasteiger partial charge in [-0.05, 0) is 69.1 Å². The normalized spacial score (nSPS) is 12.8. The van der Waals surface area contributed by atoms with Gasteiger partial charge in [0.1, 0.15) is 0 Å². The topological polar surface area (TPSA) is 80.9 Å². The third kappa shape index (κ3) is 24.9. The summed E-state index contributed by atoms with van der Waals surface area (Å²) < 4.78 is 0. The highest BCUT2D eigenvalue weighted by molar-refractivity contribution is 4.87. The molecule has 0 fully saturated rings. The molecular weight excluding hydrogens is 508 g/mol. The largest absolute Gasteiger partial charge is 0.396 e. The van der Waals surface area contributed by atoms with Gasteiger partial charge in [0.05, 0.1) is 0 Å². The van der Waals surface area contributed by atoms with Crippen molar-refractivity contribution in [2.75, 3.05) is 26.4 Å². The van der Waals surface area contributed by atoms with Crippen LogP contribution in [0, 0.1) is 11.3 Å². The van der Waals surface area contributed by atoms with Crippen LogP contribution in [0.25, 0.3) is 0 Å². The number of aliphatic hydroxyl groups excluding tert-OH is 4. The average Bonchev–Trinajstić information content (AvgIpc) is 2.99. The van der Waals surface area contributed by atoms with Crippen molar-refractivity contribution in [1.82, 2.24) is 0 Å². The van der Waals surface area contributed by atoms with E-state index in [1.54, 1.807) is 0 Å². The molecule has 4 N–H and O–H groups in total. The van der Waals surface area contributed by atoms with Crippen molar-refractivity contribution in [3.05, 3.63) is 0 Å². The number of aliphatic hydroxyl groups is 4. The van der Waals surface area contributed by atoms with E-state index >= 15 is 0 Å². The number of hydrogen-bond donors (Lipinski definition) is 4. The van der Waals surface area contributed by atoms with Crippen LogP contribution >= 0.6 is 0 Å². The number of rotatable bonds is 35. The van der Waals surface area contributed by atoms with Crippen molar-refractivity contribution in [2.45, 2.75) is 200 Å². The Bertz CT molecular complexity index is 462. The van der Waals surface area contributed by atoms with E-state index in [2.05, 4.69) is 6.92 Å². The van der Waals surface area contributed by atoms with Crippen LogP contribution in [0.3, 0.4) is 0 Å². The molecule has 0 bridgehead atoms. The van der Waals surface area contributed by atoms with Crippen LogP contribution in [-0.4, -0.2) is 46.9 Å². The summed E-state index contributed by atoms with van der Waals surface area (Å²) in [5.41, 5.74) is 0.0664. The molecule has 1 atom stereocenters. The van der Waals surface area contributed by atoms with Crippen molar-refractivity contribution in [1.29, 1.82) is 0 Å². The Morgan fingerprint density at radius 1 is 0.341 bits per heavy atom. The van der Waals surface area contributed by atoms with Gasteiger partial charge in [0.2, 0.25) is 0 Å². The Labute approximate surface area is 257 Å². The van der Waals surface area contributed by atoms with Gasteiger partial charge in [-0.1, -0.05) is 142 Å². The summed E-state index contributed by atoms with van der Waals surface area (Å²) in [7, 11) is 0. The molecule has 0 aromatic rings. The summed E-state index contributed by atoms with van der Waals surface area (Å²) in [5, 5.41) is 38.2.